The Bertz CT molecular complexity index is 654. The van der Waals surface area contributed by atoms with Gasteiger partial charge in [-0.25, -0.2) is 9.82 Å². The number of nitrogens with two attached hydrogens (primary N) is 1. The average molecular weight is 410 g/mol. The quantitative estimate of drug-likeness (QED) is 0.295. The van der Waals surface area contributed by atoms with Gasteiger partial charge < -0.3 is 26.4 Å². The molecule has 0 aliphatic carbocycles. The molecule has 5 aliphatic heterocycles. The maximum Gasteiger partial charge on any atom is 0.229 e. The molecule has 0 aromatic rings. The van der Waals surface area contributed by atoms with Crippen LogP contribution in [0.3, 0.4) is 0 Å². The summed E-state index contributed by atoms with van der Waals surface area (Å²) in [6, 6.07) is -0.114. The number of carbonyl (C=O) groups is 1. The number of hydrogen-bond acceptors (Lipinski definition) is 9. The lowest BCUT2D eigenvalue weighted by Crippen LogP contribution is -2.59. The third kappa shape index (κ3) is 3.88. The smallest absolute Gasteiger partial charge is 0.229 e. The molecule has 5 rings (SSSR count). The predicted octanol–water partition coefficient (Wildman–Crippen LogP) is -2.69. The zero-order chi connectivity index (χ0) is 20.0. The summed E-state index contributed by atoms with van der Waals surface area (Å²) in [5, 5.41) is 14.6. The second-order valence-corrected chi connectivity index (χ2v) is 8.59. The Balaban J connectivity index is 1.21. The van der Waals surface area contributed by atoms with Crippen molar-refractivity contribution in [1.29, 1.82) is 0 Å². The number of carbonyl (C=O) groups excluding carboxylic acids is 1. The molecule has 1 amide bonds. The predicted molar refractivity (Wildman–Crippen MR) is 103 cm³/mol. The highest BCUT2D eigenvalue weighted by Gasteiger charge is 2.46. The number of hydrogen-bond donors (Lipinski definition) is 6. The fraction of sp³-hybridized carbons (Fsp3) is 0.833. The maximum absolute atomic E-state index is 13.5. The molecule has 11 heteroatoms. The van der Waals surface area contributed by atoms with E-state index in [1.54, 1.807) is 5.01 Å². The lowest BCUT2D eigenvalue weighted by Gasteiger charge is -2.36. The van der Waals surface area contributed by atoms with Crippen molar-refractivity contribution >= 4 is 5.91 Å². The second kappa shape index (κ2) is 8.06. The van der Waals surface area contributed by atoms with Crippen LogP contribution >= 0.6 is 0 Å². The zero-order valence-corrected chi connectivity index (χ0v) is 16.4. The first kappa shape index (κ1) is 19.6. The van der Waals surface area contributed by atoms with Crippen molar-refractivity contribution in [2.24, 2.45) is 11.7 Å². The number of ether oxygens (including phenoxy) is 1. The van der Waals surface area contributed by atoms with Crippen LogP contribution in [0.25, 0.3) is 0 Å². The van der Waals surface area contributed by atoms with Crippen LogP contribution in [0.15, 0.2) is 12.0 Å². The van der Waals surface area contributed by atoms with Crippen LogP contribution in [-0.2, 0) is 9.53 Å². The van der Waals surface area contributed by atoms with E-state index in [2.05, 4.69) is 31.6 Å². The van der Waals surface area contributed by atoms with Gasteiger partial charge in [-0.05, 0) is 13.0 Å². The summed E-state index contributed by atoms with van der Waals surface area (Å²) < 4.78 is 20.0. The highest BCUT2D eigenvalue weighted by Crippen LogP contribution is 2.26. The van der Waals surface area contributed by atoms with Gasteiger partial charge in [-0.2, -0.15) is 0 Å². The van der Waals surface area contributed by atoms with Crippen molar-refractivity contribution in [2.75, 3.05) is 39.3 Å². The summed E-state index contributed by atoms with van der Waals surface area (Å²) in [6.07, 6.45) is 2.85. The monoisotopic (exact) mass is 410 g/mol. The molecule has 4 fully saturated rings. The minimum atomic E-state index is -0.585. The van der Waals surface area contributed by atoms with E-state index in [4.69, 9.17) is 10.5 Å². The normalized spacial score (nSPS) is 42.5. The molecular weight excluding hydrogens is 379 g/mol. The summed E-state index contributed by atoms with van der Waals surface area (Å²) >= 11 is 0. The number of halogens is 1. The molecule has 0 radical (unpaired) electrons. The molecule has 7 atom stereocenters. The molecule has 7 N–H and O–H groups in total. The molecular formula is C18H31FN8O2. The number of hydrazine groups is 1. The number of amides is 1. The topological polar surface area (TPSA) is 119 Å². The molecule has 5 heterocycles. The Morgan fingerprint density at radius 1 is 1.34 bits per heavy atom. The molecule has 0 spiro atoms. The van der Waals surface area contributed by atoms with Gasteiger partial charge in [0.05, 0.1) is 43.3 Å². The van der Waals surface area contributed by atoms with Gasteiger partial charge in [-0.3, -0.25) is 20.0 Å². The van der Waals surface area contributed by atoms with E-state index in [1.165, 1.54) is 6.20 Å². The number of nitrogens with zero attached hydrogens (tertiary/aromatic N) is 2. The van der Waals surface area contributed by atoms with Crippen molar-refractivity contribution in [2.45, 2.75) is 49.6 Å². The number of fused-ring (bicyclic) bond motifs is 2. The minimum Gasteiger partial charge on any atom is -0.371 e. The lowest BCUT2D eigenvalue weighted by atomic mass is 9.99. The average Bonchev–Trinajstić information content (AvgIpc) is 3.35. The van der Waals surface area contributed by atoms with E-state index in [0.717, 1.165) is 39.0 Å². The van der Waals surface area contributed by atoms with E-state index in [-0.39, 0.29) is 42.7 Å². The van der Waals surface area contributed by atoms with Crippen LogP contribution in [0, 0.1) is 5.92 Å². The Hall–Kier alpha value is -1.34. The first-order chi connectivity index (χ1) is 14.1. The summed E-state index contributed by atoms with van der Waals surface area (Å²) in [5.74, 6) is -0.960. The molecule has 162 valence electrons. The highest BCUT2D eigenvalue weighted by molar-refractivity contribution is 5.81. The van der Waals surface area contributed by atoms with E-state index in [9.17, 15) is 9.18 Å². The molecule has 6 unspecified atom stereocenters. The fourth-order valence-corrected chi connectivity index (χ4v) is 5.21. The third-order valence-corrected chi connectivity index (χ3v) is 6.64. The van der Waals surface area contributed by atoms with Gasteiger partial charge in [-0.1, -0.05) is 0 Å². The molecule has 0 saturated carbocycles. The summed E-state index contributed by atoms with van der Waals surface area (Å²) in [4.78, 5) is 15.5. The van der Waals surface area contributed by atoms with Crippen LogP contribution < -0.4 is 32.4 Å². The van der Waals surface area contributed by atoms with Crippen molar-refractivity contribution in [1.82, 2.24) is 36.6 Å². The molecule has 29 heavy (non-hydrogen) atoms. The molecule has 0 aromatic heterocycles. The lowest BCUT2D eigenvalue weighted by molar-refractivity contribution is -0.129. The maximum atomic E-state index is 13.5. The number of piperidine rings is 1. The van der Waals surface area contributed by atoms with Crippen LogP contribution in [0.4, 0.5) is 4.39 Å². The molecule has 0 bridgehead atoms. The van der Waals surface area contributed by atoms with Crippen molar-refractivity contribution < 1.29 is 13.9 Å². The largest absolute Gasteiger partial charge is 0.371 e. The Morgan fingerprint density at radius 2 is 2.24 bits per heavy atom. The third-order valence-electron chi connectivity index (χ3n) is 6.64. The van der Waals surface area contributed by atoms with Gasteiger partial charge in [0, 0.05) is 32.6 Å². The van der Waals surface area contributed by atoms with Gasteiger partial charge in [0.1, 0.15) is 17.9 Å². The minimum absolute atomic E-state index is 0.0245. The van der Waals surface area contributed by atoms with Gasteiger partial charge in [0.25, 0.3) is 0 Å². The van der Waals surface area contributed by atoms with Crippen LogP contribution in [-0.4, -0.2) is 91.8 Å². The zero-order valence-electron chi connectivity index (χ0n) is 16.4. The van der Waals surface area contributed by atoms with E-state index >= 15 is 0 Å². The summed E-state index contributed by atoms with van der Waals surface area (Å²) in [6.45, 7) is 4.71. The Kier molecular flexibility index (Phi) is 5.45. The SMILES string of the molecule is NC1NN2C=C(F)CNC2C1C(=O)NC1CNCCC1O[C@H]1CC2NCCN2C1. The first-order valence-corrected chi connectivity index (χ1v) is 10.6. The van der Waals surface area contributed by atoms with Gasteiger partial charge in [-0.15, -0.1) is 0 Å². The molecule has 4 saturated heterocycles. The summed E-state index contributed by atoms with van der Waals surface area (Å²) in [7, 11) is 0. The standard InChI is InChI=1S/C18H31FN8O2/c19-10-6-23-17-15(16(20)25-27(17)8-10)18(28)24-12-7-21-2-1-13(12)29-11-5-14-22-3-4-26(14)9-11/h8,11-17,21-23,25H,1-7,9,20H2,(H,24,28)/t11-,12?,13?,14?,15?,16?,17?/m0/s1. The first-order valence-electron chi connectivity index (χ1n) is 10.6. The fourth-order valence-electron chi connectivity index (χ4n) is 5.21. The van der Waals surface area contributed by atoms with E-state index in [0.29, 0.717) is 12.7 Å². The van der Waals surface area contributed by atoms with Gasteiger partial charge in [0.2, 0.25) is 5.91 Å². The van der Waals surface area contributed by atoms with E-state index in [1.807, 2.05) is 0 Å². The van der Waals surface area contributed by atoms with Gasteiger partial charge in [0.15, 0.2) is 0 Å². The van der Waals surface area contributed by atoms with E-state index < -0.39 is 12.1 Å². The van der Waals surface area contributed by atoms with Crippen LogP contribution in [0.2, 0.25) is 0 Å². The van der Waals surface area contributed by atoms with Crippen LogP contribution in [0.1, 0.15) is 12.8 Å². The van der Waals surface area contributed by atoms with Crippen LogP contribution in [0.5, 0.6) is 0 Å². The number of nitrogens with one attached hydrogen (secondary N) is 5. The highest BCUT2D eigenvalue weighted by atomic mass is 19.1. The van der Waals surface area contributed by atoms with Crippen molar-refractivity contribution in [3.8, 4) is 0 Å². The van der Waals surface area contributed by atoms with Crippen molar-refractivity contribution in [3.05, 3.63) is 12.0 Å². The second-order valence-electron chi connectivity index (χ2n) is 8.59. The number of rotatable bonds is 4. The molecule has 0 aromatic carbocycles. The molecule has 10 nitrogen and oxygen atoms in total. The Labute approximate surface area is 169 Å². The van der Waals surface area contributed by atoms with Crippen molar-refractivity contribution in [3.63, 3.8) is 0 Å². The van der Waals surface area contributed by atoms with Gasteiger partial charge >= 0.3 is 0 Å². The molecule has 5 aliphatic rings. The summed E-state index contributed by atoms with van der Waals surface area (Å²) in [5.41, 5.74) is 9.10. The Morgan fingerprint density at radius 3 is 3.10 bits per heavy atom.